The Bertz CT molecular complexity index is 759. The van der Waals surface area contributed by atoms with Crippen LogP contribution < -0.4 is 10.6 Å². The molecule has 0 spiro atoms. The van der Waals surface area contributed by atoms with Gasteiger partial charge >= 0.3 is 0 Å². The molecule has 4 bridgehead atoms. The highest BCUT2D eigenvalue weighted by molar-refractivity contribution is 5.89. The van der Waals surface area contributed by atoms with Crippen molar-refractivity contribution in [1.82, 2.24) is 15.5 Å². The molecule has 5 unspecified atom stereocenters. The number of carbonyl (C=O) groups is 1. The molecule has 3 heterocycles. The van der Waals surface area contributed by atoms with E-state index in [4.69, 9.17) is 0 Å². The van der Waals surface area contributed by atoms with Gasteiger partial charge in [-0.05, 0) is 61.5 Å². The van der Waals surface area contributed by atoms with Crippen molar-refractivity contribution in [2.45, 2.75) is 70.4 Å². The van der Waals surface area contributed by atoms with Crippen molar-refractivity contribution in [3.63, 3.8) is 0 Å². The largest absolute Gasteiger partial charge is 0.354 e. The third-order valence-electron chi connectivity index (χ3n) is 8.78. The van der Waals surface area contributed by atoms with Gasteiger partial charge < -0.3 is 10.6 Å². The number of nitrogens with zero attached hydrogens (tertiary/aromatic N) is 1. The summed E-state index contributed by atoms with van der Waals surface area (Å²) in [6.07, 6.45) is 8.89. The van der Waals surface area contributed by atoms with Gasteiger partial charge in [0.25, 0.3) is 0 Å². The highest BCUT2D eigenvalue weighted by Crippen LogP contribution is 2.53. The van der Waals surface area contributed by atoms with Crippen LogP contribution in [-0.4, -0.2) is 48.6 Å². The van der Waals surface area contributed by atoms with Crippen molar-refractivity contribution >= 4 is 5.91 Å². The molecule has 1 aromatic carbocycles. The number of hydrogen-bond donors (Lipinski definition) is 2. The van der Waals surface area contributed by atoms with Gasteiger partial charge in [-0.2, -0.15) is 0 Å². The molecule has 2 saturated carbocycles. The molecule has 5 atom stereocenters. The summed E-state index contributed by atoms with van der Waals surface area (Å²) in [4.78, 5) is 16.6. The minimum absolute atomic E-state index is 0.301. The highest BCUT2D eigenvalue weighted by Gasteiger charge is 2.67. The Kier molecular flexibility index (Phi) is 6.13. The van der Waals surface area contributed by atoms with Crippen molar-refractivity contribution < 1.29 is 4.79 Å². The number of benzene rings is 1. The van der Waals surface area contributed by atoms with E-state index in [1.54, 1.807) is 0 Å². The fourth-order valence-electron chi connectivity index (χ4n) is 7.52. The molecule has 5 fully saturated rings. The maximum absolute atomic E-state index is 13.9. The molecule has 4 nitrogen and oxygen atoms in total. The number of piperidine rings is 2. The normalized spacial score (nSPS) is 35.6. The molecular formula is C27H41N3O. The van der Waals surface area contributed by atoms with Crippen molar-refractivity contribution in [3.05, 3.63) is 35.9 Å². The summed E-state index contributed by atoms with van der Waals surface area (Å²) < 4.78 is 0. The van der Waals surface area contributed by atoms with Crippen molar-refractivity contribution in [2.24, 2.45) is 29.6 Å². The third kappa shape index (κ3) is 3.95. The quantitative estimate of drug-likeness (QED) is 0.700. The third-order valence-corrected chi connectivity index (χ3v) is 8.78. The van der Waals surface area contributed by atoms with E-state index in [1.165, 1.54) is 44.1 Å². The molecule has 0 radical (unpaired) electrons. The number of rotatable bonds is 7. The summed E-state index contributed by atoms with van der Waals surface area (Å²) in [5.74, 6) is 3.29. The van der Waals surface area contributed by atoms with Crippen molar-refractivity contribution in [3.8, 4) is 0 Å². The summed E-state index contributed by atoms with van der Waals surface area (Å²) in [5.41, 5.74) is 1.03. The first-order valence-corrected chi connectivity index (χ1v) is 12.9. The lowest BCUT2D eigenvalue weighted by Crippen LogP contribution is -2.76. The molecule has 0 aromatic heterocycles. The van der Waals surface area contributed by atoms with Crippen LogP contribution in [0.4, 0.5) is 0 Å². The first kappa shape index (κ1) is 21.5. The Hall–Kier alpha value is -1.39. The van der Waals surface area contributed by atoms with E-state index in [1.807, 2.05) is 0 Å². The summed E-state index contributed by atoms with van der Waals surface area (Å²) in [6.45, 7) is 8.68. The van der Waals surface area contributed by atoms with E-state index in [0.29, 0.717) is 41.5 Å². The SMILES string of the molecule is CC(C)CN1CC2CC3CNC2(C(=O)NCC2CCCCC2)C1C3Cc1ccccc1. The average molecular weight is 424 g/mol. The van der Waals surface area contributed by atoms with Crippen LogP contribution in [0, 0.1) is 29.6 Å². The van der Waals surface area contributed by atoms with Crippen molar-refractivity contribution in [2.75, 3.05) is 26.2 Å². The van der Waals surface area contributed by atoms with Gasteiger partial charge in [-0.3, -0.25) is 9.69 Å². The molecule has 1 aromatic rings. The predicted octanol–water partition coefficient (Wildman–Crippen LogP) is 3.86. The van der Waals surface area contributed by atoms with Crippen LogP contribution in [0.1, 0.15) is 57.9 Å². The minimum Gasteiger partial charge on any atom is -0.354 e. The zero-order chi connectivity index (χ0) is 21.4. The number of amides is 1. The number of likely N-dealkylation sites (tertiary alicyclic amines) is 1. The smallest absolute Gasteiger partial charge is 0.242 e. The summed E-state index contributed by atoms with van der Waals surface area (Å²) >= 11 is 0. The van der Waals surface area contributed by atoms with Crippen LogP contribution in [0.2, 0.25) is 0 Å². The lowest BCUT2D eigenvalue weighted by molar-refractivity contribution is -0.138. The second-order valence-electron chi connectivity index (χ2n) is 11.3. The van der Waals surface area contributed by atoms with Gasteiger partial charge in [-0.25, -0.2) is 0 Å². The number of hydrogen-bond acceptors (Lipinski definition) is 3. The van der Waals surface area contributed by atoms with Crippen LogP contribution in [-0.2, 0) is 11.2 Å². The average Bonchev–Trinajstić information content (AvgIpc) is 3.04. The van der Waals surface area contributed by atoms with Gasteiger partial charge in [-0.15, -0.1) is 0 Å². The Labute approximate surface area is 188 Å². The van der Waals surface area contributed by atoms with Gasteiger partial charge in [0.05, 0.1) is 0 Å². The predicted molar refractivity (Wildman–Crippen MR) is 126 cm³/mol. The number of fused-ring (bicyclic) bond motifs is 1. The Morgan fingerprint density at radius 3 is 2.71 bits per heavy atom. The van der Waals surface area contributed by atoms with Crippen LogP contribution in [0.5, 0.6) is 0 Å². The van der Waals surface area contributed by atoms with E-state index in [0.717, 1.165) is 32.6 Å². The zero-order valence-electron chi connectivity index (χ0n) is 19.5. The fourth-order valence-corrected chi connectivity index (χ4v) is 7.52. The fraction of sp³-hybridized carbons (Fsp3) is 0.741. The first-order chi connectivity index (χ1) is 15.1. The van der Waals surface area contributed by atoms with E-state index < -0.39 is 5.54 Å². The van der Waals surface area contributed by atoms with E-state index in [9.17, 15) is 4.79 Å². The van der Waals surface area contributed by atoms with Gasteiger partial charge in [0.1, 0.15) is 5.54 Å². The second-order valence-corrected chi connectivity index (χ2v) is 11.3. The maximum atomic E-state index is 13.9. The zero-order valence-corrected chi connectivity index (χ0v) is 19.5. The molecule has 2 aliphatic carbocycles. The molecule has 3 aliphatic heterocycles. The van der Waals surface area contributed by atoms with E-state index in [2.05, 4.69) is 59.7 Å². The highest BCUT2D eigenvalue weighted by atomic mass is 16.2. The van der Waals surface area contributed by atoms with Crippen LogP contribution >= 0.6 is 0 Å². The number of nitrogens with one attached hydrogen (secondary N) is 2. The second kappa shape index (κ2) is 8.86. The van der Waals surface area contributed by atoms with Crippen LogP contribution in [0.3, 0.4) is 0 Å². The molecule has 6 rings (SSSR count). The maximum Gasteiger partial charge on any atom is 0.242 e. The lowest BCUT2D eigenvalue weighted by Gasteiger charge is -2.56. The summed E-state index contributed by atoms with van der Waals surface area (Å²) in [7, 11) is 0. The monoisotopic (exact) mass is 423 g/mol. The molecule has 4 heteroatoms. The standard InChI is InChI=1S/C27H41N3O/c1-19(2)17-30-18-23-14-22-16-29-27(23,26(31)28-15-21-11-7-4-8-12-21)25(30)24(22)13-20-9-5-3-6-10-20/h3,5-6,9-10,19,21-25,29H,4,7-8,11-18H2,1-2H3,(H,28,31). The van der Waals surface area contributed by atoms with Crippen LogP contribution in [0.15, 0.2) is 30.3 Å². The molecule has 31 heavy (non-hydrogen) atoms. The Morgan fingerprint density at radius 2 is 1.97 bits per heavy atom. The summed E-state index contributed by atoms with van der Waals surface area (Å²) in [6, 6.07) is 11.3. The molecule has 3 saturated heterocycles. The van der Waals surface area contributed by atoms with Gasteiger partial charge in [0.2, 0.25) is 5.91 Å². The molecule has 1 amide bonds. The molecular weight excluding hydrogens is 382 g/mol. The number of carbonyl (C=O) groups excluding carboxylic acids is 1. The van der Waals surface area contributed by atoms with Gasteiger partial charge in [0, 0.05) is 31.6 Å². The minimum atomic E-state index is -0.391. The molecule has 2 N–H and O–H groups in total. The molecule has 5 aliphatic rings. The van der Waals surface area contributed by atoms with Gasteiger partial charge in [0.15, 0.2) is 0 Å². The van der Waals surface area contributed by atoms with Crippen LogP contribution in [0.25, 0.3) is 0 Å². The Morgan fingerprint density at radius 1 is 1.19 bits per heavy atom. The van der Waals surface area contributed by atoms with E-state index >= 15 is 0 Å². The van der Waals surface area contributed by atoms with E-state index in [-0.39, 0.29) is 0 Å². The van der Waals surface area contributed by atoms with Crippen molar-refractivity contribution in [1.29, 1.82) is 0 Å². The summed E-state index contributed by atoms with van der Waals surface area (Å²) in [5, 5.41) is 7.32. The van der Waals surface area contributed by atoms with Gasteiger partial charge in [-0.1, -0.05) is 63.4 Å². The topological polar surface area (TPSA) is 44.4 Å². The first-order valence-electron chi connectivity index (χ1n) is 12.9. The lowest BCUT2D eigenvalue weighted by atomic mass is 9.58. The molecule has 170 valence electrons. The Balaban J connectivity index is 1.40.